The van der Waals surface area contributed by atoms with Crippen molar-refractivity contribution in [2.24, 2.45) is 0 Å². The van der Waals surface area contributed by atoms with Crippen molar-refractivity contribution in [1.82, 2.24) is 0 Å². The van der Waals surface area contributed by atoms with E-state index in [2.05, 4.69) is 0 Å². The zero-order valence-corrected chi connectivity index (χ0v) is 10.2. The summed E-state index contributed by atoms with van der Waals surface area (Å²) in [6, 6.07) is 10.6. The van der Waals surface area contributed by atoms with E-state index in [1.165, 1.54) is 24.3 Å². The fourth-order valence-electron chi connectivity index (χ4n) is 1.83. The van der Waals surface area contributed by atoms with Crippen LogP contribution in [0.1, 0.15) is 11.1 Å². The van der Waals surface area contributed by atoms with E-state index in [-0.39, 0.29) is 17.5 Å². The van der Waals surface area contributed by atoms with Crippen LogP contribution in [0.5, 0.6) is 0 Å². The van der Waals surface area contributed by atoms with Crippen LogP contribution >= 0.6 is 0 Å². The van der Waals surface area contributed by atoms with Crippen molar-refractivity contribution >= 4 is 0 Å². The van der Waals surface area contributed by atoms with Gasteiger partial charge in [0.1, 0.15) is 5.82 Å². The largest absolute Gasteiger partial charge is 0.416 e. The Morgan fingerprint density at radius 2 is 1.70 bits per heavy atom. The van der Waals surface area contributed by atoms with Gasteiger partial charge >= 0.3 is 6.18 Å². The molecular weight excluding hydrogens is 270 g/mol. The van der Waals surface area contributed by atoms with Gasteiger partial charge in [-0.25, -0.2) is 4.39 Å². The van der Waals surface area contributed by atoms with E-state index in [0.29, 0.717) is 5.56 Å². The molecule has 102 valence electrons. The fraction of sp³-hybridized carbons (Fsp3) is 0.133. The molecule has 0 amide bonds. The van der Waals surface area contributed by atoms with E-state index < -0.39 is 17.6 Å². The first-order valence-corrected chi connectivity index (χ1v) is 5.75. The molecule has 0 saturated carbocycles. The first-order chi connectivity index (χ1) is 9.41. The minimum Gasteiger partial charge on any atom is -0.207 e. The Morgan fingerprint density at radius 3 is 2.30 bits per heavy atom. The maximum atomic E-state index is 13.7. The molecular formula is C15H9F4N. The molecule has 0 bridgehead atoms. The second-order valence-corrected chi connectivity index (χ2v) is 4.22. The summed E-state index contributed by atoms with van der Waals surface area (Å²) in [5.41, 5.74) is 0.0669. The van der Waals surface area contributed by atoms with Gasteiger partial charge in [0.05, 0.1) is 18.1 Å². The number of hydrogen-bond acceptors (Lipinski definition) is 1. The number of benzene rings is 2. The van der Waals surface area contributed by atoms with Crippen LogP contribution in [0.25, 0.3) is 11.1 Å². The molecule has 2 aromatic rings. The van der Waals surface area contributed by atoms with Crippen molar-refractivity contribution < 1.29 is 17.6 Å². The molecule has 0 atom stereocenters. The number of nitrogens with zero attached hydrogens (tertiary/aromatic N) is 1. The van der Waals surface area contributed by atoms with Gasteiger partial charge in [0, 0.05) is 5.56 Å². The minimum absolute atomic E-state index is 0.0747. The summed E-state index contributed by atoms with van der Waals surface area (Å²) in [7, 11) is 0. The summed E-state index contributed by atoms with van der Waals surface area (Å²) in [6.07, 6.45) is -4.51. The van der Waals surface area contributed by atoms with Gasteiger partial charge in [-0.1, -0.05) is 24.3 Å². The fourth-order valence-corrected chi connectivity index (χ4v) is 1.83. The lowest BCUT2D eigenvalue weighted by atomic mass is 10.0. The monoisotopic (exact) mass is 279 g/mol. The van der Waals surface area contributed by atoms with Crippen LogP contribution in [0.3, 0.4) is 0 Å². The molecule has 0 unspecified atom stereocenters. The second kappa shape index (κ2) is 5.33. The normalized spacial score (nSPS) is 11.2. The van der Waals surface area contributed by atoms with Crippen LogP contribution in [0, 0.1) is 17.1 Å². The lowest BCUT2D eigenvalue weighted by Gasteiger charge is -2.09. The first kappa shape index (κ1) is 14.1. The molecule has 0 radical (unpaired) electrons. The highest BCUT2D eigenvalue weighted by molar-refractivity contribution is 5.65. The molecule has 0 N–H and O–H groups in total. The number of halogens is 4. The molecule has 0 aromatic heterocycles. The van der Waals surface area contributed by atoms with Crippen LogP contribution < -0.4 is 0 Å². The smallest absolute Gasteiger partial charge is 0.207 e. The van der Waals surface area contributed by atoms with Crippen LogP contribution in [0.4, 0.5) is 17.6 Å². The van der Waals surface area contributed by atoms with Gasteiger partial charge in [0.25, 0.3) is 0 Å². The van der Waals surface area contributed by atoms with Gasteiger partial charge in [-0.15, -0.1) is 0 Å². The number of hydrogen-bond donors (Lipinski definition) is 0. The van der Waals surface area contributed by atoms with Gasteiger partial charge in [-0.3, -0.25) is 0 Å². The molecule has 0 fully saturated rings. The maximum absolute atomic E-state index is 13.7. The Balaban J connectivity index is 2.42. The van der Waals surface area contributed by atoms with E-state index in [1.54, 1.807) is 0 Å². The van der Waals surface area contributed by atoms with Crippen LogP contribution in [-0.2, 0) is 12.6 Å². The van der Waals surface area contributed by atoms with E-state index in [9.17, 15) is 17.6 Å². The van der Waals surface area contributed by atoms with E-state index in [1.807, 2.05) is 6.07 Å². The summed E-state index contributed by atoms with van der Waals surface area (Å²) in [6.45, 7) is 0. The Kier molecular flexibility index (Phi) is 3.75. The Bertz CT molecular complexity index is 668. The number of alkyl halides is 3. The average molecular weight is 279 g/mol. The molecule has 0 aliphatic rings. The van der Waals surface area contributed by atoms with Crippen molar-refractivity contribution in [3.8, 4) is 17.2 Å². The molecule has 0 aliphatic carbocycles. The van der Waals surface area contributed by atoms with E-state index in [0.717, 1.165) is 18.2 Å². The van der Waals surface area contributed by atoms with Crippen LogP contribution in [0.2, 0.25) is 0 Å². The lowest BCUT2D eigenvalue weighted by Crippen LogP contribution is -2.04. The molecule has 0 saturated heterocycles. The number of rotatable bonds is 2. The molecule has 20 heavy (non-hydrogen) atoms. The van der Waals surface area contributed by atoms with Gasteiger partial charge in [-0.2, -0.15) is 18.4 Å². The average Bonchev–Trinajstić information content (AvgIpc) is 2.40. The predicted molar refractivity (Wildman–Crippen MR) is 66.2 cm³/mol. The molecule has 5 heteroatoms. The topological polar surface area (TPSA) is 23.8 Å². The molecule has 1 nitrogen and oxygen atoms in total. The molecule has 2 rings (SSSR count). The molecule has 0 spiro atoms. The lowest BCUT2D eigenvalue weighted by molar-refractivity contribution is -0.137. The van der Waals surface area contributed by atoms with Crippen molar-refractivity contribution in [2.45, 2.75) is 12.6 Å². The SMILES string of the molecule is N#CCc1ccc(-c2cccc(C(F)(F)F)c2)cc1F. The summed E-state index contributed by atoms with van der Waals surface area (Å²) in [5, 5.41) is 8.51. The Morgan fingerprint density at radius 1 is 1.00 bits per heavy atom. The summed E-state index contributed by atoms with van der Waals surface area (Å²) < 4.78 is 51.5. The Labute approximate surface area is 113 Å². The van der Waals surface area contributed by atoms with Gasteiger partial charge < -0.3 is 0 Å². The quantitative estimate of drug-likeness (QED) is 0.738. The Hall–Kier alpha value is -2.35. The van der Waals surface area contributed by atoms with E-state index >= 15 is 0 Å². The molecule has 0 aliphatic heterocycles. The van der Waals surface area contributed by atoms with Gasteiger partial charge in [0.15, 0.2) is 0 Å². The molecule has 0 heterocycles. The van der Waals surface area contributed by atoms with Crippen LogP contribution in [0.15, 0.2) is 42.5 Å². The third kappa shape index (κ3) is 2.97. The maximum Gasteiger partial charge on any atom is 0.416 e. The summed E-state index contributed by atoms with van der Waals surface area (Å²) >= 11 is 0. The second-order valence-electron chi connectivity index (χ2n) is 4.22. The third-order valence-corrected chi connectivity index (χ3v) is 2.85. The minimum atomic E-state index is -4.44. The van der Waals surface area contributed by atoms with Crippen LogP contribution in [-0.4, -0.2) is 0 Å². The summed E-state index contributed by atoms with van der Waals surface area (Å²) in [5.74, 6) is -0.596. The zero-order valence-electron chi connectivity index (χ0n) is 10.2. The highest BCUT2D eigenvalue weighted by Crippen LogP contribution is 2.32. The summed E-state index contributed by atoms with van der Waals surface area (Å²) in [4.78, 5) is 0. The standard InChI is InChI=1S/C15H9F4N/c16-14-9-12(5-4-10(14)6-7-20)11-2-1-3-13(8-11)15(17,18)19/h1-5,8-9H,6H2. The first-order valence-electron chi connectivity index (χ1n) is 5.75. The predicted octanol–water partition coefficient (Wildman–Crippen LogP) is 4.58. The number of nitriles is 1. The van der Waals surface area contributed by atoms with E-state index in [4.69, 9.17) is 5.26 Å². The molecule has 2 aromatic carbocycles. The third-order valence-electron chi connectivity index (χ3n) is 2.85. The van der Waals surface area contributed by atoms with Gasteiger partial charge in [-0.05, 0) is 29.3 Å². The highest BCUT2D eigenvalue weighted by Gasteiger charge is 2.30. The van der Waals surface area contributed by atoms with Gasteiger partial charge in [0.2, 0.25) is 0 Å². The van der Waals surface area contributed by atoms with Crippen molar-refractivity contribution in [2.75, 3.05) is 0 Å². The van der Waals surface area contributed by atoms with Crippen molar-refractivity contribution in [3.63, 3.8) is 0 Å². The highest BCUT2D eigenvalue weighted by atomic mass is 19.4. The zero-order chi connectivity index (χ0) is 14.8. The van der Waals surface area contributed by atoms with Crippen molar-refractivity contribution in [1.29, 1.82) is 5.26 Å². The van der Waals surface area contributed by atoms with Crippen molar-refractivity contribution in [3.05, 3.63) is 59.4 Å².